The summed E-state index contributed by atoms with van der Waals surface area (Å²) in [6, 6.07) is 10.1. The summed E-state index contributed by atoms with van der Waals surface area (Å²) in [6.45, 7) is 9.82. The molecule has 4 nitrogen and oxygen atoms in total. The first kappa shape index (κ1) is 16.7. The van der Waals surface area contributed by atoms with Crippen molar-refractivity contribution in [3.8, 4) is 0 Å². The molecule has 1 rings (SSSR count). The summed E-state index contributed by atoms with van der Waals surface area (Å²) in [5.41, 5.74) is 7.14. The third-order valence-electron chi connectivity index (χ3n) is 3.03. The first-order valence-corrected chi connectivity index (χ1v) is 6.90. The van der Waals surface area contributed by atoms with Crippen molar-refractivity contribution in [2.24, 2.45) is 10.5 Å². The summed E-state index contributed by atoms with van der Waals surface area (Å²) in [4.78, 5) is 11.2. The fraction of sp³-hybridized carbons (Fsp3) is 0.353. The SMILES string of the molecule is C=C=C(Cc1ccccc1)C(C)(C)/C=N/NC(=O)OCC. The van der Waals surface area contributed by atoms with Gasteiger partial charge in [0.05, 0.1) is 6.61 Å². The predicted molar refractivity (Wildman–Crippen MR) is 85.2 cm³/mol. The summed E-state index contributed by atoms with van der Waals surface area (Å²) < 4.78 is 4.74. The van der Waals surface area contributed by atoms with Crippen LogP contribution < -0.4 is 5.43 Å². The van der Waals surface area contributed by atoms with Crippen molar-refractivity contribution in [1.82, 2.24) is 5.43 Å². The van der Waals surface area contributed by atoms with Gasteiger partial charge in [-0.15, -0.1) is 5.73 Å². The Balaban J connectivity index is 2.72. The molecule has 0 aliphatic heterocycles. The molecule has 0 spiro atoms. The topological polar surface area (TPSA) is 50.7 Å². The summed E-state index contributed by atoms with van der Waals surface area (Å²) in [6.07, 6.45) is 1.85. The second-order valence-electron chi connectivity index (χ2n) is 5.13. The molecular weight excluding hydrogens is 264 g/mol. The molecule has 1 aromatic carbocycles. The van der Waals surface area contributed by atoms with Crippen molar-refractivity contribution < 1.29 is 9.53 Å². The van der Waals surface area contributed by atoms with E-state index in [4.69, 9.17) is 4.74 Å². The van der Waals surface area contributed by atoms with E-state index in [1.54, 1.807) is 13.1 Å². The maximum atomic E-state index is 11.2. The van der Waals surface area contributed by atoms with Crippen molar-refractivity contribution in [2.75, 3.05) is 6.61 Å². The van der Waals surface area contributed by atoms with Crippen LogP contribution in [-0.4, -0.2) is 18.9 Å². The number of nitrogens with one attached hydrogen (secondary N) is 1. The molecule has 21 heavy (non-hydrogen) atoms. The number of nitrogens with zero attached hydrogens (tertiary/aromatic N) is 1. The Morgan fingerprint density at radius 3 is 2.67 bits per heavy atom. The van der Waals surface area contributed by atoms with Gasteiger partial charge in [-0.1, -0.05) is 50.8 Å². The molecule has 0 heterocycles. The van der Waals surface area contributed by atoms with E-state index in [-0.39, 0.29) is 5.41 Å². The fourth-order valence-electron chi connectivity index (χ4n) is 1.81. The third kappa shape index (κ3) is 5.67. The highest BCUT2D eigenvalue weighted by atomic mass is 16.5. The van der Waals surface area contributed by atoms with Gasteiger partial charge in [0, 0.05) is 18.1 Å². The van der Waals surface area contributed by atoms with Gasteiger partial charge in [-0.3, -0.25) is 0 Å². The molecule has 1 amide bonds. The van der Waals surface area contributed by atoms with Crippen molar-refractivity contribution in [3.05, 3.63) is 53.8 Å². The Labute approximate surface area is 126 Å². The molecular formula is C17H22N2O2. The number of rotatable bonds is 6. The van der Waals surface area contributed by atoms with Crippen LogP contribution in [0.4, 0.5) is 4.79 Å². The van der Waals surface area contributed by atoms with Gasteiger partial charge in [0.1, 0.15) is 0 Å². The minimum absolute atomic E-state index is 0.316. The highest BCUT2D eigenvalue weighted by Crippen LogP contribution is 2.26. The quantitative estimate of drug-likeness (QED) is 0.492. The van der Waals surface area contributed by atoms with E-state index in [1.807, 2.05) is 32.0 Å². The molecule has 0 aromatic heterocycles. The molecule has 1 N–H and O–H groups in total. The molecule has 0 aliphatic carbocycles. The fourth-order valence-corrected chi connectivity index (χ4v) is 1.81. The lowest BCUT2D eigenvalue weighted by Crippen LogP contribution is -2.23. The second-order valence-corrected chi connectivity index (χ2v) is 5.13. The summed E-state index contributed by atoms with van der Waals surface area (Å²) >= 11 is 0. The molecule has 0 atom stereocenters. The molecule has 0 aliphatic rings. The Kier molecular flexibility index (Phi) is 6.44. The van der Waals surface area contributed by atoms with Crippen LogP contribution in [0.15, 0.2) is 53.3 Å². The zero-order valence-electron chi connectivity index (χ0n) is 12.8. The van der Waals surface area contributed by atoms with Crippen molar-refractivity contribution in [2.45, 2.75) is 27.2 Å². The third-order valence-corrected chi connectivity index (χ3v) is 3.03. The van der Waals surface area contributed by atoms with Crippen molar-refractivity contribution >= 4 is 12.3 Å². The monoisotopic (exact) mass is 286 g/mol. The number of hydrogen-bond donors (Lipinski definition) is 1. The van der Waals surface area contributed by atoms with Crippen LogP contribution in [0.1, 0.15) is 26.3 Å². The van der Waals surface area contributed by atoms with E-state index >= 15 is 0 Å². The van der Waals surface area contributed by atoms with Gasteiger partial charge in [0.25, 0.3) is 0 Å². The predicted octanol–water partition coefficient (Wildman–Crippen LogP) is 3.70. The van der Waals surface area contributed by atoms with Crippen molar-refractivity contribution in [1.29, 1.82) is 0 Å². The summed E-state index contributed by atoms with van der Waals surface area (Å²) in [5, 5.41) is 3.93. The van der Waals surface area contributed by atoms with E-state index < -0.39 is 6.09 Å². The van der Waals surface area contributed by atoms with Crippen LogP contribution >= 0.6 is 0 Å². The number of carbonyl (C=O) groups is 1. The lowest BCUT2D eigenvalue weighted by atomic mass is 9.82. The summed E-state index contributed by atoms with van der Waals surface area (Å²) in [7, 11) is 0. The molecule has 0 unspecified atom stereocenters. The molecule has 0 saturated carbocycles. The number of ether oxygens (including phenoxy) is 1. The second kappa shape index (κ2) is 8.08. The van der Waals surface area contributed by atoms with Gasteiger partial charge in [-0.2, -0.15) is 5.10 Å². The Hall–Kier alpha value is -2.32. The van der Waals surface area contributed by atoms with E-state index in [2.05, 4.69) is 35.0 Å². The zero-order valence-corrected chi connectivity index (χ0v) is 12.8. The number of allylic oxidation sites excluding steroid dienone is 1. The van der Waals surface area contributed by atoms with Crippen LogP contribution in [0.3, 0.4) is 0 Å². The van der Waals surface area contributed by atoms with Crippen LogP contribution in [-0.2, 0) is 11.2 Å². The molecule has 0 saturated heterocycles. The summed E-state index contributed by atoms with van der Waals surface area (Å²) in [5.74, 6) is 0. The Bertz CT molecular complexity index is 541. The Morgan fingerprint density at radius 1 is 1.43 bits per heavy atom. The van der Waals surface area contributed by atoms with Gasteiger partial charge in [-0.05, 0) is 18.1 Å². The minimum atomic E-state index is -0.559. The molecule has 1 aromatic rings. The lowest BCUT2D eigenvalue weighted by Gasteiger charge is -2.21. The van der Waals surface area contributed by atoms with Gasteiger partial charge >= 0.3 is 6.09 Å². The first-order chi connectivity index (χ1) is 9.99. The van der Waals surface area contributed by atoms with Gasteiger partial charge in [0.15, 0.2) is 0 Å². The van der Waals surface area contributed by atoms with E-state index in [0.717, 1.165) is 12.0 Å². The highest BCUT2D eigenvalue weighted by Gasteiger charge is 2.21. The van der Waals surface area contributed by atoms with E-state index in [0.29, 0.717) is 6.61 Å². The maximum absolute atomic E-state index is 11.2. The number of hydrazone groups is 1. The average Bonchev–Trinajstić information content (AvgIpc) is 2.45. The molecule has 4 heteroatoms. The largest absolute Gasteiger partial charge is 0.449 e. The number of amides is 1. The first-order valence-electron chi connectivity index (χ1n) is 6.90. The number of benzene rings is 1. The van der Waals surface area contributed by atoms with E-state index in [9.17, 15) is 4.79 Å². The molecule has 0 fully saturated rings. The van der Waals surface area contributed by atoms with E-state index in [1.165, 1.54) is 5.56 Å². The minimum Gasteiger partial charge on any atom is -0.449 e. The lowest BCUT2D eigenvalue weighted by molar-refractivity contribution is 0.152. The molecule has 0 radical (unpaired) electrons. The average molecular weight is 286 g/mol. The van der Waals surface area contributed by atoms with Gasteiger partial charge in [-0.25, -0.2) is 10.2 Å². The normalized spacial score (nSPS) is 11.0. The smallest absolute Gasteiger partial charge is 0.427 e. The van der Waals surface area contributed by atoms with Crippen LogP contribution in [0.2, 0.25) is 0 Å². The standard InChI is InChI=1S/C17H22N2O2/c1-5-15(12-14-10-8-7-9-11-14)17(3,4)13-18-19-16(20)21-6-2/h7-11,13H,1,6,12H2,2-4H3,(H,19,20)/b18-13+. The zero-order chi connectivity index (χ0) is 15.7. The van der Waals surface area contributed by atoms with Gasteiger partial charge < -0.3 is 4.74 Å². The van der Waals surface area contributed by atoms with Crippen LogP contribution in [0, 0.1) is 5.41 Å². The van der Waals surface area contributed by atoms with Crippen LogP contribution in [0.25, 0.3) is 0 Å². The molecule has 112 valence electrons. The number of carbonyl (C=O) groups excluding carboxylic acids is 1. The maximum Gasteiger partial charge on any atom is 0.427 e. The van der Waals surface area contributed by atoms with Crippen molar-refractivity contribution in [3.63, 3.8) is 0 Å². The highest BCUT2D eigenvalue weighted by molar-refractivity contribution is 5.73. The molecule has 0 bridgehead atoms. The van der Waals surface area contributed by atoms with Gasteiger partial charge in [0.2, 0.25) is 0 Å². The van der Waals surface area contributed by atoms with Crippen LogP contribution in [0.5, 0.6) is 0 Å². The Morgan fingerprint density at radius 2 is 2.10 bits per heavy atom. The number of hydrogen-bond acceptors (Lipinski definition) is 3.